The summed E-state index contributed by atoms with van der Waals surface area (Å²) >= 11 is 6.53. The standard InChI is InChI=1S/C26H26ClN5O2/c27-20-14-22(30-12-10-29-11-13-30)24-23(15-20)31(16-18-6-2-1-3-7-18)26(34)32(25(24)33)17-19-8-4-5-9-21(19)28/h1-9,14-15,29H,10-13,16-17,28H2. The fraction of sp³-hybridized carbons (Fsp3) is 0.231. The topological polar surface area (TPSA) is 85.3 Å². The summed E-state index contributed by atoms with van der Waals surface area (Å²) in [7, 11) is 0. The molecule has 1 saturated heterocycles. The Balaban J connectivity index is 1.79. The number of nitrogen functional groups attached to an aromatic ring is 1. The van der Waals surface area contributed by atoms with E-state index in [9.17, 15) is 9.59 Å². The van der Waals surface area contributed by atoms with Gasteiger partial charge in [0.2, 0.25) is 0 Å². The Hall–Kier alpha value is -3.55. The maximum atomic E-state index is 13.9. The molecule has 3 N–H and O–H groups in total. The Morgan fingerprint density at radius 3 is 2.32 bits per heavy atom. The minimum Gasteiger partial charge on any atom is -0.398 e. The Morgan fingerprint density at radius 1 is 0.882 bits per heavy atom. The first-order chi connectivity index (χ1) is 16.5. The van der Waals surface area contributed by atoms with E-state index in [2.05, 4.69) is 10.2 Å². The second-order valence-electron chi connectivity index (χ2n) is 8.50. The zero-order valence-corrected chi connectivity index (χ0v) is 19.5. The van der Waals surface area contributed by atoms with Crippen molar-refractivity contribution in [3.63, 3.8) is 0 Å². The largest absolute Gasteiger partial charge is 0.398 e. The molecule has 3 aromatic carbocycles. The molecular formula is C26H26ClN5O2. The van der Waals surface area contributed by atoms with E-state index in [1.54, 1.807) is 16.7 Å². The van der Waals surface area contributed by atoms with Crippen LogP contribution < -0.4 is 27.2 Å². The number of hydrogen-bond donors (Lipinski definition) is 2. The van der Waals surface area contributed by atoms with Crippen LogP contribution >= 0.6 is 11.6 Å². The SMILES string of the molecule is Nc1ccccc1Cn1c(=O)c2c(N3CCNCC3)cc(Cl)cc2n(Cc2ccccc2)c1=O. The van der Waals surface area contributed by atoms with Gasteiger partial charge in [-0.3, -0.25) is 13.9 Å². The number of anilines is 2. The molecule has 7 nitrogen and oxygen atoms in total. The second-order valence-corrected chi connectivity index (χ2v) is 8.94. The summed E-state index contributed by atoms with van der Waals surface area (Å²) in [5, 5.41) is 4.33. The predicted molar refractivity (Wildman–Crippen MR) is 138 cm³/mol. The molecule has 0 spiro atoms. The number of nitrogens with zero attached hydrogens (tertiary/aromatic N) is 3. The lowest BCUT2D eigenvalue weighted by Crippen LogP contribution is -2.45. The van der Waals surface area contributed by atoms with Gasteiger partial charge < -0.3 is 16.0 Å². The normalized spacial score (nSPS) is 14.0. The Bertz CT molecular complexity index is 1460. The molecule has 0 radical (unpaired) electrons. The van der Waals surface area contributed by atoms with Gasteiger partial charge >= 0.3 is 5.69 Å². The number of aromatic nitrogens is 2. The molecular weight excluding hydrogens is 450 g/mol. The maximum Gasteiger partial charge on any atom is 0.332 e. The highest BCUT2D eigenvalue weighted by Gasteiger charge is 2.22. The quantitative estimate of drug-likeness (QED) is 0.433. The molecule has 0 saturated carbocycles. The number of rotatable bonds is 5. The third-order valence-corrected chi connectivity index (χ3v) is 6.52. The molecule has 8 heteroatoms. The zero-order chi connectivity index (χ0) is 23.7. The number of piperazine rings is 1. The molecule has 0 aliphatic carbocycles. The molecule has 1 fully saturated rings. The van der Waals surface area contributed by atoms with Gasteiger partial charge in [0.15, 0.2) is 0 Å². The Kier molecular flexibility index (Phi) is 6.13. The van der Waals surface area contributed by atoms with Crippen LogP contribution in [0.4, 0.5) is 11.4 Å². The highest BCUT2D eigenvalue weighted by Crippen LogP contribution is 2.29. The van der Waals surface area contributed by atoms with E-state index in [4.69, 9.17) is 17.3 Å². The molecule has 34 heavy (non-hydrogen) atoms. The van der Waals surface area contributed by atoms with Gasteiger partial charge in [0, 0.05) is 36.9 Å². The van der Waals surface area contributed by atoms with Crippen LogP contribution in [-0.4, -0.2) is 35.3 Å². The van der Waals surface area contributed by atoms with Gasteiger partial charge in [-0.05, 0) is 29.3 Å². The van der Waals surface area contributed by atoms with Gasteiger partial charge in [-0.15, -0.1) is 0 Å². The van der Waals surface area contributed by atoms with Crippen molar-refractivity contribution in [2.45, 2.75) is 13.1 Å². The molecule has 0 unspecified atom stereocenters. The van der Waals surface area contributed by atoms with E-state index in [1.165, 1.54) is 4.57 Å². The fourth-order valence-electron chi connectivity index (χ4n) is 4.54. The van der Waals surface area contributed by atoms with E-state index >= 15 is 0 Å². The second kappa shape index (κ2) is 9.37. The molecule has 4 aromatic rings. The molecule has 0 amide bonds. The number of para-hydroxylation sites is 1. The van der Waals surface area contributed by atoms with Crippen LogP contribution in [0.25, 0.3) is 10.9 Å². The molecule has 1 aliphatic rings. The van der Waals surface area contributed by atoms with E-state index in [-0.39, 0.29) is 12.1 Å². The van der Waals surface area contributed by atoms with Gasteiger partial charge in [0.1, 0.15) is 0 Å². The number of benzene rings is 3. The van der Waals surface area contributed by atoms with E-state index < -0.39 is 5.69 Å². The van der Waals surface area contributed by atoms with E-state index in [0.717, 1.165) is 43.0 Å². The lowest BCUT2D eigenvalue weighted by molar-refractivity contribution is 0.589. The van der Waals surface area contributed by atoms with Crippen molar-refractivity contribution in [3.8, 4) is 0 Å². The maximum absolute atomic E-state index is 13.9. The van der Waals surface area contributed by atoms with Crippen molar-refractivity contribution >= 4 is 33.9 Å². The van der Waals surface area contributed by atoms with Gasteiger partial charge in [-0.2, -0.15) is 0 Å². The van der Waals surface area contributed by atoms with Crippen LogP contribution in [0.5, 0.6) is 0 Å². The first-order valence-corrected chi connectivity index (χ1v) is 11.7. The van der Waals surface area contributed by atoms with E-state index in [1.807, 2.05) is 54.6 Å². The minimum absolute atomic E-state index is 0.0959. The number of hydrogen-bond acceptors (Lipinski definition) is 5. The Morgan fingerprint density at radius 2 is 1.59 bits per heavy atom. The average Bonchev–Trinajstić information content (AvgIpc) is 2.86. The van der Waals surface area contributed by atoms with Crippen LogP contribution in [0.3, 0.4) is 0 Å². The molecule has 5 rings (SSSR count). The van der Waals surface area contributed by atoms with Gasteiger partial charge in [0.05, 0.1) is 29.7 Å². The number of nitrogens with one attached hydrogen (secondary N) is 1. The average molecular weight is 476 g/mol. The van der Waals surface area contributed by atoms with Crippen molar-refractivity contribution in [2.75, 3.05) is 36.8 Å². The lowest BCUT2D eigenvalue weighted by atomic mass is 10.1. The van der Waals surface area contributed by atoms with Crippen molar-refractivity contribution in [1.82, 2.24) is 14.5 Å². The predicted octanol–water partition coefficient (Wildman–Crippen LogP) is 2.91. The summed E-state index contributed by atoms with van der Waals surface area (Å²) in [5.74, 6) is 0. The molecule has 0 bridgehead atoms. The number of nitrogens with two attached hydrogens (primary N) is 1. The minimum atomic E-state index is -0.391. The molecule has 0 atom stereocenters. The summed E-state index contributed by atoms with van der Waals surface area (Å²) in [6.45, 7) is 3.54. The van der Waals surface area contributed by atoms with Gasteiger partial charge in [0.25, 0.3) is 5.56 Å². The van der Waals surface area contributed by atoms with Gasteiger partial charge in [-0.1, -0.05) is 60.1 Å². The molecule has 1 aliphatic heterocycles. The third kappa shape index (κ3) is 4.20. The molecule has 174 valence electrons. The highest BCUT2D eigenvalue weighted by atomic mass is 35.5. The lowest BCUT2D eigenvalue weighted by Gasteiger charge is -2.31. The monoisotopic (exact) mass is 475 g/mol. The Labute approximate surface area is 202 Å². The van der Waals surface area contributed by atoms with Crippen LogP contribution in [-0.2, 0) is 13.1 Å². The molecule has 2 heterocycles. The number of fused-ring (bicyclic) bond motifs is 1. The number of halogens is 1. The summed E-state index contributed by atoms with van der Waals surface area (Å²) < 4.78 is 2.93. The van der Waals surface area contributed by atoms with Crippen LogP contribution in [0.1, 0.15) is 11.1 Å². The van der Waals surface area contributed by atoms with Crippen molar-refractivity contribution in [2.24, 2.45) is 0 Å². The molecule has 1 aromatic heterocycles. The van der Waals surface area contributed by atoms with Crippen molar-refractivity contribution in [3.05, 3.63) is 104 Å². The van der Waals surface area contributed by atoms with Gasteiger partial charge in [-0.25, -0.2) is 4.79 Å². The summed E-state index contributed by atoms with van der Waals surface area (Å²) in [5.41, 5.74) is 8.95. The summed E-state index contributed by atoms with van der Waals surface area (Å²) in [4.78, 5) is 29.8. The van der Waals surface area contributed by atoms with Crippen LogP contribution in [0.15, 0.2) is 76.3 Å². The van der Waals surface area contributed by atoms with Crippen LogP contribution in [0, 0.1) is 0 Å². The summed E-state index contributed by atoms with van der Waals surface area (Å²) in [6, 6.07) is 20.6. The highest BCUT2D eigenvalue weighted by molar-refractivity contribution is 6.31. The first-order valence-electron chi connectivity index (χ1n) is 11.3. The fourth-order valence-corrected chi connectivity index (χ4v) is 4.75. The first kappa shape index (κ1) is 22.3. The summed E-state index contributed by atoms with van der Waals surface area (Å²) in [6.07, 6.45) is 0. The van der Waals surface area contributed by atoms with Crippen molar-refractivity contribution < 1.29 is 0 Å². The van der Waals surface area contributed by atoms with E-state index in [0.29, 0.717) is 28.2 Å². The van der Waals surface area contributed by atoms with Crippen molar-refractivity contribution in [1.29, 1.82) is 0 Å². The van der Waals surface area contributed by atoms with Crippen LogP contribution in [0.2, 0.25) is 5.02 Å². The third-order valence-electron chi connectivity index (χ3n) is 6.30. The zero-order valence-electron chi connectivity index (χ0n) is 18.7. The smallest absolute Gasteiger partial charge is 0.332 e.